The summed E-state index contributed by atoms with van der Waals surface area (Å²) in [5.74, 6) is 0.843. The number of benzene rings is 1. The van der Waals surface area contributed by atoms with Crippen molar-refractivity contribution in [3.8, 4) is 0 Å². The Kier molecular flexibility index (Phi) is 3.05. The van der Waals surface area contributed by atoms with Crippen LogP contribution in [0.2, 0.25) is 5.02 Å². The topological polar surface area (TPSA) is 39.2 Å². The summed E-state index contributed by atoms with van der Waals surface area (Å²) >= 11 is 9.44. The highest BCUT2D eigenvalue weighted by molar-refractivity contribution is 9.10. The number of fused-ring (bicyclic) bond motifs is 1. The Balaban J connectivity index is 2.82. The molecule has 2 nitrogen and oxygen atoms in total. The maximum absolute atomic E-state index is 6.00. The Hall–Kier alpha value is -0.510. The van der Waals surface area contributed by atoms with Crippen LogP contribution in [0, 0.1) is 0 Å². The van der Waals surface area contributed by atoms with Gasteiger partial charge in [0, 0.05) is 16.0 Å². The second kappa shape index (κ2) is 4.16. The largest absolute Gasteiger partial charge is 0.458 e. The lowest BCUT2D eigenvalue weighted by molar-refractivity contribution is 0.545. The van der Waals surface area contributed by atoms with E-state index in [-0.39, 0.29) is 0 Å². The molecule has 2 rings (SSSR count). The summed E-state index contributed by atoms with van der Waals surface area (Å²) in [4.78, 5) is 0. The molecule has 1 aromatic carbocycles. The molecule has 0 fully saturated rings. The van der Waals surface area contributed by atoms with Gasteiger partial charge in [0.15, 0.2) is 0 Å². The first-order valence-corrected chi connectivity index (χ1v) is 5.93. The molecule has 1 aromatic heterocycles. The molecule has 1 heterocycles. The van der Waals surface area contributed by atoms with Crippen LogP contribution in [0.15, 0.2) is 21.0 Å². The van der Waals surface area contributed by atoms with Gasteiger partial charge in [0.25, 0.3) is 0 Å². The first-order chi connectivity index (χ1) is 7.17. The van der Waals surface area contributed by atoms with E-state index in [1.807, 2.05) is 12.1 Å². The predicted octanol–water partition coefficient (Wildman–Crippen LogP) is 3.87. The lowest BCUT2D eigenvalue weighted by Crippen LogP contribution is -1.97. The highest BCUT2D eigenvalue weighted by Gasteiger charge is 2.14. The summed E-state index contributed by atoms with van der Waals surface area (Å²) in [5, 5.41) is 1.76. The maximum Gasteiger partial charge on any atom is 0.148 e. The number of aryl methyl sites for hydroxylation is 1. The van der Waals surface area contributed by atoms with Crippen LogP contribution in [0.4, 0.5) is 0 Å². The highest BCUT2D eigenvalue weighted by Crippen LogP contribution is 2.34. The minimum absolute atomic E-state index is 0.419. The van der Waals surface area contributed by atoms with Gasteiger partial charge in [-0.3, -0.25) is 0 Å². The summed E-state index contributed by atoms with van der Waals surface area (Å²) in [6.07, 6.45) is 0.895. The van der Waals surface area contributed by atoms with Gasteiger partial charge < -0.3 is 10.2 Å². The Bertz CT molecular complexity index is 507. The van der Waals surface area contributed by atoms with Crippen molar-refractivity contribution in [3.63, 3.8) is 0 Å². The summed E-state index contributed by atoms with van der Waals surface area (Å²) in [6.45, 7) is 2.50. The molecule has 0 unspecified atom stereocenters. The smallest absolute Gasteiger partial charge is 0.148 e. The Labute approximate surface area is 102 Å². The molecular weight excluding hydrogens is 277 g/mol. The normalized spacial score (nSPS) is 11.2. The Morgan fingerprint density at radius 3 is 2.80 bits per heavy atom. The minimum Gasteiger partial charge on any atom is -0.458 e. The van der Waals surface area contributed by atoms with Crippen molar-refractivity contribution in [1.29, 1.82) is 0 Å². The number of furan rings is 1. The van der Waals surface area contributed by atoms with Crippen LogP contribution < -0.4 is 5.73 Å². The number of halogens is 2. The highest BCUT2D eigenvalue weighted by atomic mass is 79.9. The first kappa shape index (κ1) is 11.0. The van der Waals surface area contributed by atoms with Gasteiger partial charge in [0.05, 0.1) is 11.0 Å². The van der Waals surface area contributed by atoms with E-state index in [0.29, 0.717) is 11.6 Å². The van der Waals surface area contributed by atoms with Crippen LogP contribution in [0.5, 0.6) is 0 Å². The minimum atomic E-state index is 0.419. The van der Waals surface area contributed by atoms with Gasteiger partial charge >= 0.3 is 0 Å². The van der Waals surface area contributed by atoms with Crippen molar-refractivity contribution >= 4 is 38.5 Å². The molecule has 0 aliphatic carbocycles. The van der Waals surface area contributed by atoms with Crippen molar-refractivity contribution < 1.29 is 4.42 Å². The number of nitrogens with two attached hydrogens (primary N) is 1. The lowest BCUT2D eigenvalue weighted by Gasteiger charge is -1.96. The summed E-state index contributed by atoms with van der Waals surface area (Å²) in [7, 11) is 0. The average molecular weight is 289 g/mol. The molecule has 2 aromatic rings. The molecule has 0 amide bonds. The second-order valence-electron chi connectivity index (χ2n) is 3.33. The SMILES string of the molecule is CCc1c(CN)oc2c(Br)cc(Cl)cc12. The van der Waals surface area contributed by atoms with Gasteiger partial charge in [-0.05, 0) is 34.5 Å². The van der Waals surface area contributed by atoms with E-state index < -0.39 is 0 Å². The summed E-state index contributed by atoms with van der Waals surface area (Å²) < 4.78 is 6.57. The Morgan fingerprint density at radius 2 is 2.20 bits per heavy atom. The number of rotatable bonds is 2. The van der Waals surface area contributed by atoms with Crippen LogP contribution >= 0.6 is 27.5 Å². The van der Waals surface area contributed by atoms with E-state index in [0.717, 1.165) is 33.2 Å². The van der Waals surface area contributed by atoms with Gasteiger partial charge in [-0.25, -0.2) is 0 Å². The molecule has 0 spiro atoms. The molecule has 0 aliphatic heterocycles. The van der Waals surface area contributed by atoms with E-state index >= 15 is 0 Å². The number of hydrogen-bond donors (Lipinski definition) is 1. The third-order valence-corrected chi connectivity index (χ3v) is 3.24. The first-order valence-electron chi connectivity index (χ1n) is 4.76. The molecule has 0 saturated carbocycles. The van der Waals surface area contributed by atoms with E-state index in [4.69, 9.17) is 21.8 Å². The lowest BCUT2D eigenvalue weighted by atomic mass is 10.1. The fraction of sp³-hybridized carbons (Fsp3) is 0.273. The van der Waals surface area contributed by atoms with Gasteiger partial charge in [0.2, 0.25) is 0 Å². The summed E-state index contributed by atoms with van der Waals surface area (Å²) in [6, 6.07) is 3.75. The molecule has 0 bridgehead atoms. The molecule has 4 heteroatoms. The van der Waals surface area contributed by atoms with Gasteiger partial charge in [0.1, 0.15) is 11.3 Å². The molecule has 0 aliphatic rings. The zero-order valence-corrected chi connectivity index (χ0v) is 10.7. The number of hydrogen-bond acceptors (Lipinski definition) is 2. The fourth-order valence-corrected chi connectivity index (χ4v) is 2.67. The fourth-order valence-electron chi connectivity index (χ4n) is 1.78. The molecular formula is C11H11BrClNO. The molecule has 2 N–H and O–H groups in total. The van der Waals surface area contributed by atoms with Crippen LogP contribution in [-0.4, -0.2) is 0 Å². The maximum atomic E-state index is 6.00. The van der Waals surface area contributed by atoms with Gasteiger partial charge in [-0.15, -0.1) is 0 Å². The molecule has 0 radical (unpaired) electrons. The van der Waals surface area contributed by atoms with Crippen LogP contribution in [0.3, 0.4) is 0 Å². The van der Waals surface area contributed by atoms with E-state index in [2.05, 4.69) is 22.9 Å². The quantitative estimate of drug-likeness (QED) is 0.911. The third-order valence-electron chi connectivity index (χ3n) is 2.43. The van der Waals surface area contributed by atoms with Crippen molar-refractivity contribution in [1.82, 2.24) is 0 Å². The standard InChI is InChI=1S/C11H11BrClNO/c1-2-7-8-3-6(13)4-9(12)11(8)15-10(7)5-14/h3-4H,2,5,14H2,1H3. The molecule has 80 valence electrons. The summed E-state index contributed by atoms with van der Waals surface area (Å²) in [5.41, 5.74) is 7.62. The van der Waals surface area contributed by atoms with Crippen molar-refractivity contribution in [2.45, 2.75) is 19.9 Å². The second-order valence-corrected chi connectivity index (χ2v) is 4.62. The molecule has 15 heavy (non-hydrogen) atoms. The van der Waals surface area contributed by atoms with E-state index in [1.54, 1.807) is 0 Å². The van der Waals surface area contributed by atoms with Gasteiger partial charge in [-0.1, -0.05) is 18.5 Å². The third kappa shape index (κ3) is 1.80. The van der Waals surface area contributed by atoms with Crippen LogP contribution in [-0.2, 0) is 13.0 Å². The predicted molar refractivity (Wildman–Crippen MR) is 66.2 cm³/mol. The monoisotopic (exact) mass is 287 g/mol. The average Bonchev–Trinajstić information content (AvgIpc) is 2.55. The van der Waals surface area contributed by atoms with E-state index in [9.17, 15) is 0 Å². The van der Waals surface area contributed by atoms with Crippen LogP contribution in [0.25, 0.3) is 11.0 Å². The van der Waals surface area contributed by atoms with Crippen molar-refractivity contribution in [3.05, 3.63) is 33.0 Å². The Morgan fingerprint density at radius 1 is 1.47 bits per heavy atom. The molecule has 0 saturated heterocycles. The van der Waals surface area contributed by atoms with Crippen LogP contribution in [0.1, 0.15) is 18.2 Å². The van der Waals surface area contributed by atoms with Crippen molar-refractivity contribution in [2.24, 2.45) is 5.73 Å². The van der Waals surface area contributed by atoms with Crippen molar-refractivity contribution in [2.75, 3.05) is 0 Å². The zero-order valence-electron chi connectivity index (χ0n) is 8.31. The van der Waals surface area contributed by atoms with E-state index in [1.165, 1.54) is 0 Å². The van der Waals surface area contributed by atoms with Gasteiger partial charge in [-0.2, -0.15) is 0 Å². The molecule has 0 atom stereocenters. The zero-order chi connectivity index (χ0) is 11.0.